The lowest BCUT2D eigenvalue weighted by Crippen LogP contribution is -2.30. The summed E-state index contributed by atoms with van der Waals surface area (Å²) in [6.45, 7) is 2.73. The first kappa shape index (κ1) is 17.2. The number of aromatic nitrogens is 2. The molecule has 0 aromatic carbocycles. The molecule has 0 spiro atoms. The van der Waals surface area contributed by atoms with E-state index in [9.17, 15) is 4.79 Å². The number of nitrogens with zero attached hydrogens (tertiary/aromatic N) is 2. The highest BCUT2D eigenvalue weighted by Gasteiger charge is 2.15. The van der Waals surface area contributed by atoms with Crippen LogP contribution in [0.2, 0.25) is 5.02 Å². The molecular weight excluding hydrogens is 298 g/mol. The summed E-state index contributed by atoms with van der Waals surface area (Å²) in [7, 11) is 0. The van der Waals surface area contributed by atoms with Crippen LogP contribution in [0.25, 0.3) is 0 Å². The Labute approximate surface area is 128 Å². The molecule has 0 saturated heterocycles. The Morgan fingerprint density at radius 1 is 1.55 bits per heavy atom. The van der Waals surface area contributed by atoms with Gasteiger partial charge in [-0.3, -0.25) is 4.79 Å². The molecule has 1 rings (SSSR count). The normalized spacial score (nSPS) is 12.2. The smallest absolute Gasteiger partial charge is 0.271 e. The summed E-state index contributed by atoms with van der Waals surface area (Å²) >= 11 is 7.31. The van der Waals surface area contributed by atoms with E-state index in [2.05, 4.69) is 22.2 Å². The Balaban J connectivity index is 2.65. The third kappa shape index (κ3) is 5.26. The van der Waals surface area contributed by atoms with Crippen molar-refractivity contribution in [2.75, 3.05) is 19.4 Å². The van der Waals surface area contributed by atoms with Gasteiger partial charge in [-0.2, -0.15) is 0 Å². The average molecular weight is 318 g/mol. The van der Waals surface area contributed by atoms with Crippen molar-refractivity contribution in [2.24, 2.45) is 5.92 Å². The number of hydrogen-bond donors (Lipinski definition) is 2. The van der Waals surface area contributed by atoms with E-state index in [1.807, 2.05) is 6.26 Å². The Morgan fingerprint density at radius 3 is 2.90 bits per heavy atom. The lowest BCUT2D eigenvalue weighted by molar-refractivity contribution is 0.0937. The van der Waals surface area contributed by atoms with Crippen LogP contribution in [0.5, 0.6) is 0 Å². The fraction of sp³-hybridized carbons (Fsp3) is 0.615. The lowest BCUT2D eigenvalue weighted by atomic mass is 10.0. The van der Waals surface area contributed by atoms with Gasteiger partial charge in [0.25, 0.3) is 5.91 Å². The van der Waals surface area contributed by atoms with Crippen molar-refractivity contribution >= 4 is 29.3 Å². The number of halogens is 1. The van der Waals surface area contributed by atoms with Crippen LogP contribution in [0, 0.1) is 5.92 Å². The fourth-order valence-electron chi connectivity index (χ4n) is 1.87. The third-order valence-electron chi connectivity index (χ3n) is 2.91. The first-order valence-corrected chi connectivity index (χ1v) is 8.18. The summed E-state index contributed by atoms with van der Waals surface area (Å²) in [6.07, 6.45) is 5.94. The minimum absolute atomic E-state index is 0.130. The maximum Gasteiger partial charge on any atom is 0.271 e. The predicted octanol–water partition coefficient (Wildman–Crippen LogP) is 2.38. The van der Waals surface area contributed by atoms with Gasteiger partial charge in [0.05, 0.1) is 11.2 Å². The molecule has 20 heavy (non-hydrogen) atoms. The standard InChI is InChI=1S/C13H20ClN3O2S/c1-3-4-9(5-6-18)7-15-12(19)11-10(14)8-16-13(17-11)20-2/h8-9,18H,3-7H2,1-2H3,(H,15,19). The molecule has 0 fully saturated rings. The number of rotatable bonds is 8. The number of carbonyl (C=O) groups excluding carboxylic acids is 1. The van der Waals surface area contributed by atoms with Gasteiger partial charge in [0.1, 0.15) is 0 Å². The molecule has 5 nitrogen and oxygen atoms in total. The number of aliphatic hydroxyl groups is 1. The van der Waals surface area contributed by atoms with Gasteiger partial charge >= 0.3 is 0 Å². The van der Waals surface area contributed by atoms with Crippen LogP contribution in [0.15, 0.2) is 11.4 Å². The van der Waals surface area contributed by atoms with Crippen molar-refractivity contribution in [1.82, 2.24) is 15.3 Å². The van der Waals surface area contributed by atoms with Crippen molar-refractivity contribution in [3.63, 3.8) is 0 Å². The molecule has 1 amide bonds. The number of amides is 1. The van der Waals surface area contributed by atoms with E-state index in [1.54, 1.807) is 0 Å². The molecule has 0 aliphatic carbocycles. The van der Waals surface area contributed by atoms with E-state index in [4.69, 9.17) is 16.7 Å². The van der Waals surface area contributed by atoms with Crippen LogP contribution in [-0.4, -0.2) is 40.4 Å². The lowest BCUT2D eigenvalue weighted by Gasteiger charge is -2.15. The van der Waals surface area contributed by atoms with Crippen molar-refractivity contribution in [3.8, 4) is 0 Å². The minimum Gasteiger partial charge on any atom is -0.396 e. The summed E-state index contributed by atoms with van der Waals surface area (Å²) in [5.41, 5.74) is 0.199. The molecule has 1 aromatic rings. The zero-order valence-electron chi connectivity index (χ0n) is 11.7. The maximum absolute atomic E-state index is 12.1. The van der Waals surface area contributed by atoms with Crippen molar-refractivity contribution < 1.29 is 9.90 Å². The Kier molecular flexibility index (Phi) is 7.87. The first-order valence-electron chi connectivity index (χ1n) is 6.57. The fourth-order valence-corrected chi connectivity index (χ4v) is 2.39. The van der Waals surface area contributed by atoms with E-state index in [-0.39, 0.29) is 29.1 Å². The molecule has 0 radical (unpaired) electrons. The molecule has 2 N–H and O–H groups in total. The van der Waals surface area contributed by atoms with Crippen LogP contribution in [0.3, 0.4) is 0 Å². The molecule has 1 atom stereocenters. The van der Waals surface area contributed by atoms with Crippen LogP contribution in [0.1, 0.15) is 36.7 Å². The Morgan fingerprint density at radius 2 is 2.30 bits per heavy atom. The number of nitrogens with one attached hydrogen (secondary N) is 1. The summed E-state index contributed by atoms with van der Waals surface area (Å²) < 4.78 is 0. The first-order chi connectivity index (χ1) is 9.62. The second-order valence-corrected chi connectivity index (χ2v) is 5.61. The topological polar surface area (TPSA) is 75.1 Å². The zero-order valence-corrected chi connectivity index (χ0v) is 13.3. The summed E-state index contributed by atoms with van der Waals surface area (Å²) in [5.74, 6) is -0.0265. The second kappa shape index (κ2) is 9.15. The van der Waals surface area contributed by atoms with E-state index in [1.165, 1.54) is 18.0 Å². The van der Waals surface area contributed by atoms with Gasteiger partial charge in [-0.25, -0.2) is 9.97 Å². The molecular formula is C13H20ClN3O2S. The van der Waals surface area contributed by atoms with Crippen LogP contribution in [0.4, 0.5) is 0 Å². The average Bonchev–Trinajstić information content (AvgIpc) is 2.45. The minimum atomic E-state index is -0.299. The number of hydrogen-bond acceptors (Lipinski definition) is 5. The van der Waals surface area contributed by atoms with Gasteiger partial charge in [0.15, 0.2) is 10.9 Å². The molecule has 0 bridgehead atoms. The highest BCUT2D eigenvalue weighted by molar-refractivity contribution is 7.98. The molecule has 0 aliphatic rings. The zero-order chi connectivity index (χ0) is 15.0. The van der Waals surface area contributed by atoms with Crippen molar-refractivity contribution in [1.29, 1.82) is 0 Å². The summed E-state index contributed by atoms with van der Waals surface area (Å²) in [5, 5.41) is 12.6. The van der Waals surface area contributed by atoms with Crippen molar-refractivity contribution in [2.45, 2.75) is 31.3 Å². The second-order valence-electron chi connectivity index (χ2n) is 4.43. The third-order valence-corrected chi connectivity index (χ3v) is 3.74. The van der Waals surface area contributed by atoms with Crippen LogP contribution in [-0.2, 0) is 0 Å². The number of aliphatic hydroxyl groups excluding tert-OH is 1. The van der Waals surface area contributed by atoms with E-state index < -0.39 is 0 Å². The SMILES string of the molecule is CCCC(CCO)CNC(=O)c1nc(SC)ncc1Cl. The maximum atomic E-state index is 12.1. The highest BCUT2D eigenvalue weighted by Crippen LogP contribution is 2.17. The summed E-state index contributed by atoms with van der Waals surface area (Å²) in [6, 6.07) is 0. The molecule has 1 unspecified atom stereocenters. The molecule has 7 heteroatoms. The van der Waals surface area contributed by atoms with Gasteiger partial charge in [-0.05, 0) is 25.0 Å². The molecule has 0 aliphatic heterocycles. The Bertz CT molecular complexity index is 440. The van der Waals surface area contributed by atoms with Gasteiger partial charge in [0, 0.05) is 13.2 Å². The number of carbonyl (C=O) groups is 1. The van der Waals surface area contributed by atoms with Gasteiger partial charge in [0.2, 0.25) is 0 Å². The molecule has 1 heterocycles. The highest BCUT2D eigenvalue weighted by atomic mass is 35.5. The molecule has 1 aromatic heterocycles. The monoisotopic (exact) mass is 317 g/mol. The van der Waals surface area contributed by atoms with Crippen molar-refractivity contribution in [3.05, 3.63) is 16.9 Å². The van der Waals surface area contributed by atoms with E-state index >= 15 is 0 Å². The summed E-state index contributed by atoms with van der Waals surface area (Å²) in [4.78, 5) is 20.2. The predicted molar refractivity (Wildman–Crippen MR) is 81.3 cm³/mol. The van der Waals surface area contributed by atoms with Gasteiger partial charge < -0.3 is 10.4 Å². The number of thioether (sulfide) groups is 1. The van der Waals surface area contributed by atoms with Crippen LogP contribution < -0.4 is 5.32 Å². The van der Waals surface area contributed by atoms with E-state index in [0.29, 0.717) is 18.1 Å². The van der Waals surface area contributed by atoms with E-state index in [0.717, 1.165) is 12.8 Å². The van der Waals surface area contributed by atoms with Gasteiger partial charge in [-0.15, -0.1) is 0 Å². The Hall–Kier alpha value is -0.850. The molecule has 0 saturated carbocycles. The van der Waals surface area contributed by atoms with Gasteiger partial charge in [-0.1, -0.05) is 36.7 Å². The largest absolute Gasteiger partial charge is 0.396 e. The van der Waals surface area contributed by atoms with Crippen LogP contribution >= 0.6 is 23.4 Å². The molecule has 112 valence electrons. The quantitative estimate of drug-likeness (QED) is 0.569.